The monoisotopic (exact) mass is 276 g/mol. The lowest BCUT2D eigenvalue weighted by molar-refractivity contribution is 0.0938. The van der Waals surface area contributed by atoms with Crippen molar-refractivity contribution in [2.75, 3.05) is 32.6 Å². The van der Waals surface area contributed by atoms with E-state index in [4.69, 9.17) is 4.74 Å². The Kier molecular flexibility index (Phi) is 4.65. The Hall–Kier alpha value is -1.55. The Morgan fingerprint density at radius 2 is 2.15 bits per heavy atom. The zero-order valence-corrected chi connectivity index (χ0v) is 12.6. The summed E-state index contributed by atoms with van der Waals surface area (Å²) in [6.45, 7) is 3.53. The molecular weight excluding hydrogens is 252 g/mol. The van der Waals surface area contributed by atoms with E-state index in [0.29, 0.717) is 5.56 Å². The molecule has 0 heterocycles. The summed E-state index contributed by atoms with van der Waals surface area (Å²) in [6, 6.07) is 5.84. The lowest BCUT2D eigenvalue weighted by atomic mass is 10.0. The molecule has 20 heavy (non-hydrogen) atoms. The summed E-state index contributed by atoms with van der Waals surface area (Å²) >= 11 is 0. The number of ether oxygens (including phenoxy) is 1. The van der Waals surface area contributed by atoms with Gasteiger partial charge in [-0.3, -0.25) is 4.79 Å². The summed E-state index contributed by atoms with van der Waals surface area (Å²) in [6.07, 6.45) is 3.39. The molecule has 1 aliphatic rings. The van der Waals surface area contributed by atoms with E-state index >= 15 is 0 Å². The van der Waals surface area contributed by atoms with Crippen molar-refractivity contribution in [2.24, 2.45) is 5.41 Å². The quantitative estimate of drug-likeness (QED) is 0.805. The first-order valence-corrected chi connectivity index (χ1v) is 7.16. The second kappa shape index (κ2) is 6.27. The maximum Gasteiger partial charge on any atom is 0.253 e. The van der Waals surface area contributed by atoms with Gasteiger partial charge in [0.2, 0.25) is 0 Å². The van der Waals surface area contributed by atoms with Gasteiger partial charge >= 0.3 is 0 Å². The molecule has 0 aliphatic heterocycles. The molecule has 1 aromatic carbocycles. The number of rotatable bonds is 7. The first kappa shape index (κ1) is 14.9. The second-order valence-corrected chi connectivity index (χ2v) is 5.72. The number of benzene rings is 1. The number of carbonyl (C=O) groups excluding carboxylic acids is 1. The van der Waals surface area contributed by atoms with Crippen LogP contribution in [0.1, 0.15) is 35.2 Å². The van der Waals surface area contributed by atoms with E-state index < -0.39 is 0 Å². The van der Waals surface area contributed by atoms with Crippen molar-refractivity contribution in [3.63, 3.8) is 0 Å². The van der Waals surface area contributed by atoms with Gasteiger partial charge in [0.1, 0.15) is 0 Å². The highest BCUT2D eigenvalue weighted by Gasteiger charge is 2.42. The van der Waals surface area contributed by atoms with Gasteiger partial charge in [0.15, 0.2) is 0 Å². The van der Waals surface area contributed by atoms with E-state index in [-0.39, 0.29) is 11.3 Å². The highest BCUT2D eigenvalue weighted by atomic mass is 16.5. The highest BCUT2D eigenvalue weighted by molar-refractivity contribution is 5.99. The molecule has 1 fully saturated rings. The van der Waals surface area contributed by atoms with Gasteiger partial charge in [0, 0.05) is 33.0 Å². The van der Waals surface area contributed by atoms with E-state index in [9.17, 15) is 4.79 Å². The number of hydrogen-bond donors (Lipinski definition) is 2. The minimum absolute atomic E-state index is 0.00181. The largest absolute Gasteiger partial charge is 0.387 e. The van der Waals surface area contributed by atoms with E-state index in [1.807, 2.05) is 32.2 Å². The fourth-order valence-electron chi connectivity index (χ4n) is 2.44. The fourth-order valence-corrected chi connectivity index (χ4v) is 2.44. The van der Waals surface area contributed by atoms with Crippen LogP contribution in [-0.4, -0.2) is 33.2 Å². The molecule has 4 heteroatoms. The van der Waals surface area contributed by atoms with Crippen LogP contribution in [0.5, 0.6) is 0 Å². The Bertz CT molecular complexity index is 481. The van der Waals surface area contributed by atoms with E-state index in [0.717, 1.165) is 30.8 Å². The number of aryl methyl sites for hydroxylation is 1. The van der Waals surface area contributed by atoms with Gasteiger partial charge in [-0.15, -0.1) is 0 Å². The molecule has 110 valence electrons. The van der Waals surface area contributed by atoms with Gasteiger partial charge in [-0.2, -0.15) is 0 Å². The molecule has 1 aliphatic carbocycles. The van der Waals surface area contributed by atoms with E-state index in [2.05, 4.69) is 10.6 Å². The van der Waals surface area contributed by atoms with Crippen molar-refractivity contribution in [1.82, 2.24) is 5.32 Å². The summed E-state index contributed by atoms with van der Waals surface area (Å²) in [4.78, 5) is 12.3. The predicted molar refractivity (Wildman–Crippen MR) is 81.2 cm³/mol. The minimum atomic E-state index is -0.00181. The van der Waals surface area contributed by atoms with Gasteiger partial charge in [0.25, 0.3) is 5.91 Å². The van der Waals surface area contributed by atoms with Crippen molar-refractivity contribution in [3.05, 3.63) is 29.3 Å². The fraction of sp³-hybridized carbons (Fsp3) is 0.562. The van der Waals surface area contributed by atoms with Gasteiger partial charge in [-0.05, 0) is 49.3 Å². The molecule has 1 amide bonds. The Labute approximate surface area is 120 Å². The molecular formula is C16H24N2O2. The molecule has 0 radical (unpaired) electrons. The molecule has 2 rings (SSSR count). The van der Waals surface area contributed by atoms with Crippen molar-refractivity contribution in [1.29, 1.82) is 0 Å². The topological polar surface area (TPSA) is 50.4 Å². The molecule has 0 atom stereocenters. The third kappa shape index (κ3) is 3.51. The lowest BCUT2D eigenvalue weighted by Crippen LogP contribution is -2.31. The molecule has 0 aromatic heterocycles. The standard InChI is InChI=1S/C16H24N2O2/c1-12-4-5-13(14(10-12)17-2)15(19)18-11-16(6-7-16)8-9-20-3/h4-5,10,17H,6-9,11H2,1-3H3,(H,18,19). The van der Waals surface area contributed by atoms with Gasteiger partial charge < -0.3 is 15.4 Å². The average Bonchev–Trinajstić information content (AvgIpc) is 3.23. The average molecular weight is 276 g/mol. The van der Waals surface area contributed by atoms with Crippen molar-refractivity contribution < 1.29 is 9.53 Å². The van der Waals surface area contributed by atoms with Gasteiger partial charge in [-0.25, -0.2) is 0 Å². The molecule has 1 saturated carbocycles. The Morgan fingerprint density at radius 3 is 2.75 bits per heavy atom. The molecule has 0 spiro atoms. The second-order valence-electron chi connectivity index (χ2n) is 5.72. The molecule has 1 aromatic rings. The molecule has 2 N–H and O–H groups in total. The zero-order valence-electron chi connectivity index (χ0n) is 12.6. The first-order chi connectivity index (χ1) is 9.60. The van der Waals surface area contributed by atoms with Crippen molar-refractivity contribution >= 4 is 11.6 Å². The van der Waals surface area contributed by atoms with E-state index in [1.165, 1.54) is 12.8 Å². The maximum absolute atomic E-state index is 12.3. The Morgan fingerprint density at radius 1 is 1.40 bits per heavy atom. The smallest absolute Gasteiger partial charge is 0.253 e. The zero-order chi connectivity index (χ0) is 14.6. The SMILES string of the molecule is CNc1cc(C)ccc1C(=O)NCC1(CCOC)CC1. The highest BCUT2D eigenvalue weighted by Crippen LogP contribution is 2.48. The Balaban J connectivity index is 1.95. The minimum Gasteiger partial charge on any atom is -0.387 e. The van der Waals surface area contributed by atoms with Crippen LogP contribution >= 0.6 is 0 Å². The molecule has 4 nitrogen and oxygen atoms in total. The summed E-state index contributed by atoms with van der Waals surface area (Å²) in [7, 11) is 3.56. The van der Waals surface area contributed by atoms with Crippen LogP contribution < -0.4 is 10.6 Å². The summed E-state index contributed by atoms with van der Waals surface area (Å²) in [5.41, 5.74) is 3.01. The van der Waals surface area contributed by atoms with Gasteiger partial charge in [0.05, 0.1) is 5.56 Å². The lowest BCUT2D eigenvalue weighted by Gasteiger charge is -2.16. The number of anilines is 1. The number of hydrogen-bond acceptors (Lipinski definition) is 3. The molecule has 0 unspecified atom stereocenters. The number of nitrogens with one attached hydrogen (secondary N) is 2. The summed E-state index contributed by atoms with van der Waals surface area (Å²) in [5, 5.41) is 6.15. The third-order valence-electron chi connectivity index (χ3n) is 4.11. The third-order valence-corrected chi connectivity index (χ3v) is 4.11. The number of amides is 1. The summed E-state index contributed by atoms with van der Waals surface area (Å²) in [5.74, 6) is -0.00181. The summed E-state index contributed by atoms with van der Waals surface area (Å²) < 4.78 is 5.14. The molecule has 0 saturated heterocycles. The van der Waals surface area contributed by atoms with Crippen molar-refractivity contribution in [2.45, 2.75) is 26.2 Å². The number of carbonyl (C=O) groups is 1. The molecule has 0 bridgehead atoms. The van der Waals surface area contributed by atoms with Crippen LogP contribution in [-0.2, 0) is 4.74 Å². The normalized spacial score (nSPS) is 15.8. The van der Waals surface area contributed by atoms with Crippen LogP contribution in [0.3, 0.4) is 0 Å². The van der Waals surface area contributed by atoms with Crippen LogP contribution in [0.15, 0.2) is 18.2 Å². The van der Waals surface area contributed by atoms with E-state index in [1.54, 1.807) is 7.11 Å². The predicted octanol–water partition coefficient (Wildman–Crippen LogP) is 2.58. The van der Waals surface area contributed by atoms with Crippen molar-refractivity contribution in [3.8, 4) is 0 Å². The van der Waals surface area contributed by atoms with Crippen LogP contribution in [0.4, 0.5) is 5.69 Å². The first-order valence-electron chi connectivity index (χ1n) is 7.16. The van der Waals surface area contributed by atoms with Crippen LogP contribution in [0, 0.1) is 12.3 Å². The number of methoxy groups -OCH3 is 1. The van der Waals surface area contributed by atoms with Gasteiger partial charge in [-0.1, -0.05) is 6.07 Å². The van der Waals surface area contributed by atoms with Crippen LogP contribution in [0.2, 0.25) is 0 Å². The van der Waals surface area contributed by atoms with Crippen LogP contribution in [0.25, 0.3) is 0 Å². The maximum atomic E-state index is 12.3.